The predicted molar refractivity (Wildman–Crippen MR) is 127 cm³/mol. The van der Waals surface area contributed by atoms with E-state index in [1.165, 1.54) is 23.1 Å². The monoisotopic (exact) mass is 484 g/mol. The van der Waals surface area contributed by atoms with Crippen molar-refractivity contribution in [3.05, 3.63) is 58.8 Å². The van der Waals surface area contributed by atoms with Crippen LogP contribution in [0.4, 0.5) is 14.5 Å². The average Bonchev–Trinajstić information content (AvgIpc) is 2.78. The Hall–Kier alpha value is -3.95. The molecule has 0 saturated carbocycles. The van der Waals surface area contributed by atoms with E-state index in [2.05, 4.69) is 10.6 Å². The summed E-state index contributed by atoms with van der Waals surface area (Å²) in [5.41, 5.74) is 2.36. The second kappa shape index (κ2) is 9.73. The molecule has 0 aromatic heterocycles. The largest absolute Gasteiger partial charge is 0.490 e. The first-order valence-corrected chi connectivity index (χ1v) is 11.1. The summed E-state index contributed by atoms with van der Waals surface area (Å²) in [4.78, 5) is 25.7. The smallest absolute Gasteiger partial charge is 0.262 e. The van der Waals surface area contributed by atoms with Crippen LogP contribution in [0, 0.1) is 23.0 Å². The first kappa shape index (κ1) is 24.2. The summed E-state index contributed by atoms with van der Waals surface area (Å²) in [5.74, 6) is -1.92. The van der Waals surface area contributed by atoms with E-state index in [1.54, 1.807) is 20.0 Å². The molecule has 1 saturated heterocycles. The average molecular weight is 485 g/mol. The minimum atomic E-state index is -0.728. The van der Waals surface area contributed by atoms with E-state index >= 15 is 0 Å². The number of carbonyl (C=O) groups is 2. The molecule has 2 amide bonds. The molecular formula is C25H26F2N4O4. The molecule has 2 aromatic carbocycles. The van der Waals surface area contributed by atoms with E-state index in [-0.39, 0.29) is 47.8 Å². The van der Waals surface area contributed by atoms with Crippen molar-refractivity contribution in [1.82, 2.24) is 10.2 Å². The Kier molecular flexibility index (Phi) is 6.72. The molecule has 2 heterocycles. The quantitative estimate of drug-likeness (QED) is 0.523. The van der Waals surface area contributed by atoms with Crippen LogP contribution >= 0.6 is 0 Å². The molecule has 0 aliphatic carbocycles. The second-order valence-electron chi connectivity index (χ2n) is 8.57. The lowest BCUT2D eigenvalue weighted by Crippen LogP contribution is -2.52. The Labute approximate surface area is 201 Å². The van der Waals surface area contributed by atoms with Gasteiger partial charge in [-0.25, -0.2) is 8.78 Å². The van der Waals surface area contributed by atoms with E-state index in [4.69, 9.17) is 14.9 Å². The normalized spacial score (nSPS) is 15.8. The van der Waals surface area contributed by atoms with Gasteiger partial charge in [-0.1, -0.05) is 6.07 Å². The maximum absolute atomic E-state index is 14.7. The van der Waals surface area contributed by atoms with Gasteiger partial charge >= 0.3 is 0 Å². The van der Waals surface area contributed by atoms with Crippen LogP contribution in [0.15, 0.2) is 36.0 Å². The second-order valence-corrected chi connectivity index (χ2v) is 8.57. The van der Waals surface area contributed by atoms with Gasteiger partial charge in [-0.05, 0) is 37.6 Å². The lowest BCUT2D eigenvalue weighted by molar-refractivity contribution is -0.118. The Morgan fingerprint density at radius 2 is 1.97 bits per heavy atom. The van der Waals surface area contributed by atoms with Gasteiger partial charge < -0.3 is 30.4 Å². The Balaban J connectivity index is 1.35. The van der Waals surface area contributed by atoms with Gasteiger partial charge in [0, 0.05) is 49.1 Å². The van der Waals surface area contributed by atoms with E-state index in [1.807, 2.05) is 6.92 Å². The Morgan fingerprint density at radius 3 is 2.63 bits per heavy atom. The third kappa shape index (κ3) is 4.96. The molecule has 2 aliphatic rings. The summed E-state index contributed by atoms with van der Waals surface area (Å²) in [6.07, 6.45) is 0. The molecule has 4 rings (SSSR count). The third-order valence-corrected chi connectivity index (χ3v) is 6.00. The van der Waals surface area contributed by atoms with E-state index in [0.717, 1.165) is 11.8 Å². The summed E-state index contributed by atoms with van der Waals surface area (Å²) in [6.45, 7) is 4.12. The summed E-state index contributed by atoms with van der Waals surface area (Å²) >= 11 is 0. The van der Waals surface area contributed by atoms with Crippen molar-refractivity contribution in [2.45, 2.75) is 13.8 Å². The molecule has 2 aliphatic heterocycles. The Bertz CT molecular complexity index is 1240. The zero-order valence-electron chi connectivity index (χ0n) is 19.6. The number of hydrogen-bond acceptors (Lipinski definition) is 6. The Morgan fingerprint density at radius 1 is 1.23 bits per heavy atom. The molecule has 0 unspecified atom stereocenters. The summed E-state index contributed by atoms with van der Waals surface area (Å²) in [6, 6.07) is 6.93. The molecule has 2 aromatic rings. The number of rotatable bonds is 7. The fourth-order valence-electron chi connectivity index (χ4n) is 4.10. The standard InChI is InChI=1S/C25H26F2N4O4/c1-13(28)24(14(2)29-3)16-4-5-21(19(27)6-16)34-11-15-9-31(10-15)25(33)17-7-20-22(8-18(17)26)35-12-23(32)30-20/h4-8,15,28-29H,9-12H2,1-3H3,(H,30,32)/b24-14+,28-13?. The minimum Gasteiger partial charge on any atom is -0.490 e. The van der Waals surface area contributed by atoms with Crippen LogP contribution in [-0.4, -0.2) is 55.8 Å². The molecule has 10 heteroatoms. The summed E-state index contributed by atoms with van der Waals surface area (Å²) in [5, 5.41) is 13.5. The number of fused-ring (bicyclic) bond motifs is 1. The van der Waals surface area contributed by atoms with Crippen molar-refractivity contribution in [3.63, 3.8) is 0 Å². The number of allylic oxidation sites excluding steroid dienone is 2. The first-order chi connectivity index (χ1) is 16.7. The number of anilines is 1. The third-order valence-electron chi connectivity index (χ3n) is 6.00. The molecule has 1 fully saturated rings. The lowest BCUT2D eigenvalue weighted by atomic mass is 9.99. The molecule has 0 radical (unpaired) electrons. The van der Waals surface area contributed by atoms with Gasteiger partial charge in [0.05, 0.1) is 17.9 Å². The SMILES string of the molecule is CN/C(C)=C(\C(C)=N)c1ccc(OCC2CN(C(=O)c3cc4c(cc3F)OCC(=O)N4)C2)c(F)c1. The maximum atomic E-state index is 14.7. The molecule has 3 N–H and O–H groups in total. The number of amides is 2. The van der Waals surface area contributed by atoms with Gasteiger partial charge in [0.2, 0.25) is 0 Å². The van der Waals surface area contributed by atoms with Crippen LogP contribution < -0.4 is 20.1 Å². The number of ether oxygens (including phenoxy) is 2. The topological polar surface area (TPSA) is 104 Å². The van der Waals surface area contributed by atoms with Gasteiger partial charge in [-0.15, -0.1) is 0 Å². The van der Waals surface area contributed by atoms with Crippen molar-refractivity contribution in [2.75, 3.05) is 38.7 Å². The van der Waals surface area contributed by atoms with E-state index in [9.17, 15) is 18.4 Å². The van der Waals surface area contributed by atoms with Crippen LogP contribution in [0.5, 0.6) is 11.5 Å². The molecule has 0 atom stereocenters. The number of nitrogens with one attached hydrogen (secondary N) is 3. The highest BCUT2D eigenvalue weighted by atomic mass is 19.1. The minimum absolute atomic E-state index is 0.0347. The van der Waals surface area contributed by atoms with Crippen LogP contribution in [0.2, 0.25) is 0 Å². The van der Waals surface area contributed by atoms with Crippen molar-refractivity contribution in [1.29, 1.82) is 5.41 Å². The number of hydrogen-bond donors (Lipinski definition) is 3. The van der Waals surface area contributed by atoms with Gasteiger partial charge in [0.15, 0.2) is 18.2 Å². The molecule has 0 spiro atoms. The number of nitrogens with zero attached hydrogens (tertiary/aromatic N) is 1. The maximum Gasteiger partial charge on any atom is 0.262 e. The highest BCUT2D eigenvalue weighted by Gasteiger charge is 2.34. The van der Waals surface area contributed by atoms with Crippen LogP contribution in [0.25, 0.3) is 5.57 Å². The van der Waals surface area contributed by atoms with Gasteiger partial charge in [0.1, 0.15) is 11.6 Å². The van der Waals surface area contributed by atoms with Crippen LogP contribution in [0.1, 0.15) is 29.8 Å². The highest BCUT2D eigenvalue weighted by molar-refractivity contribution is 6.21. The fourth-order valence-corrected chi connectivity index (χ4v) is 4.10. The lowest BCUT2D eigenvalue weighted by Gasteiger charge is -2.39. The first-order valence-electron chi connectivity index (χ1n) is 11.1. The number of carbonyl (C=O) groups excluding carboxylic acids is 2. The summed E-state index contributed by atoms with van der Waals surface area (Å²) in [7, 11) is 1.74. The van der Waals surface area contributed by atoms with Crippen LogP contribution in [0.3, 0.4) is 0 Å². The molecule has 8 nitrogen and oxygen atoms in total. The van der Waals surface area contributed by atoms with Crippen molar-refractivity contribution < 1.29 is 27.8 Å². The van der Waals surface area contributed by atoms with E-state index < -0.39 is 17.5 Å². The van der Waals surface area contributed by atoms with Crippen LogP contribution in [-0.2, 0) is 4.79 Å². The van der Waals surface area contributed by atoms with Crippen molar-refractivity contribution >= 4 is 28.8 Å². The number of benzene rings is 2. The zero-order chi connectivity index (χ0) is 25.3. The fraction of sp³-hybridized carbons (Fsp3) is 0.320. The number of halogens is 2. The molecule has 0 bridgehead atoms. The highest BCUT2D eigenvalue weighted by Crippen LogP contribution is 2.32. The van der Waals surface area contributed by atoms with Gasteiger partial charge in [0.25, 0.3) is 11.8 Å². The predicted octanol–water partition coefficient (Wildman–Crippen LogP) is 3.44. The zero-order valence-corrected chi connectivity index (χ0v) is 19.6. The van der Waals surface area contributed by atoms with Crippen molar-refractivity contribution in [3.8, 4) is 11.5 Å². The number of likely N-dealkylation sites (tertiary alicyclic amines) is 1. The van der Waals surface area contributed by atoms with Crippen molar-refractivity contribution in [2.24, 2.45) is 5.92 Å². The molecule has 35 heavy (non-hydrogen) atoms. The van der Waals surface area contributed by atoms with E-state index in [0.29, 0.717) is 29.9 Å². The molecule has 184 valence electrons. The van der Waals surface area contributed by atoms with Gasteiger partial charge in [-0.3, -0.25) is 9.59 Å². The van der Waals surface area contributed by atoms with Gasteiger partial charge in [-0.2, -0.15) is 0 Å². The summed E-state index contributed by atoms with van der Waals surface area (Å²) < 4.78 is 39.9. The molecular weight excluding hydrogens is 458 g/mol.